The van der Waals surface area contributed by atoms with Gasteiger partial charge in [0.2, 0.25) is 5.91 Å². The lowest BCUT2D eigenvalue weighted by atomic mass is 10.0. The molecule has 0 heterocycles. The summed E-state index contributed by atoms with van der Waals surface area (Å²) >= 11 is 0. The number of carbonyl (C=O) groups excluding carboxylic acids is 1. The van der Waals surface area contributed by atoms with Crippen molar-refractivity contribution in [2.75, 3.05) is 6.54 Å². The second-order valence-corrected chi connectivity index (χ2v) is 3.67. The van der Waals surface area contributed by atoms with Crippen LogP contribution in [0.1, 0.15) is 32.6 Å². The van der Waals surface area contributed by atoms with Gasteiger partial charge in [0.1, 0.15) is 0 Å². The van der Waals surface area contributed by atoms with E-state index < -0.39 is 0 Å². The minimum absolute atomic E-state index is 0.0320. The number of hydrogen-bond acceptors (Lipinski definition) is 2. The number of nitrogens with one attached hydrogen (secondary N) is 1. The van der Waals surface area contributed by atoms with Gasteiger partial charge in [0, 0.05) is 19.0 Å². The molecule has 1 amide bonds. The first kappa shape index (κ1) is 11.1. The van der Waals surface area contributed by atoms with Gasteiger partial charge in [0.15, 0.2) is 0 Å². The van der Waals surface area contributed by atoms with Crippen molar-refractivity contribution in [1.29, 1.82) is 0 Å². The van der Waals surface area contributed by atoms with Crippen molar-refractivity contribution in [3.63, 3.8) is 0 Å². The van der Waals surface area contributed by atoms with Gasteiger partial charge in [-0.05, 0) is 19.8 Å². The lowest BCUT2D eigenvalue weighted by Gasteiger charge is -2.14. The fourth-order valence-electron chi connectivity index (χ4n) is 1.82. The van der Waals surface area contributed by atoms with Gasteiger partial charge in [-0.3, -0.25) is 4.79 Å². The number of hydrogen-bond donors (Lipinski definition) is 2. The van der Waals surface area contributed by atoms with Gasteiger partial charge in [0.25, 0.3) is 0 Å². The zero-order valence-electron chi connectivity index (χ0n) is 8.68. The molecule has 0 saturated heterocycles. The number of amides is 1. The van der Waals surface area contributed by atoms with E-state index in [9.17, 15) is 4.79 Å². The Kier molecular flexibility index (Phi) is 4.48. The first-order valence-electron chi connectivity index (χ1n) is 5.18. The zero-order valence-corrected chi connectivity index (χ0v) is 8.68. The van der Waals surface area contributed by atoms with Gasteiger partial charge in [0.05, 0.1) is 5.92 Å². The van der Waals surface area contributed by atoms with Crippen LogP contribution in [0.2, 0.25) is 0 Å². The highest BCUT2D eigenvalue weighted by Gasteiger charge is 2.29. The summed E-state index contributed by atoms with van der Waals surface area (Å²) < 4.78 is 0. The van der Waals surface area contributed by atoms with E-state index in [2.05, 4.69) is 17.2 Å². The summed E-state index contributed by atoms with van der Waals surface area (Å²) in [5.41, 5.74) is 5.82. The molecule has 0 aliphatic heterocycles. The van der Waals surface area contributed by atoms with Crippen LogP contribution >= 0.6 is 0 Å². The summed E-state index contributed by atoms with van der Waals surface area (Å²) in [6.07, 6.45) is 3.72. The maximum absolute atomic E-state index is 11.6. The van der Waals surface area contributed by atoms with Gasteiger partial charge in [-0.15, -0.1) is 11.8 Å². The molecule has 3 heteroatoms. The first-order valence-corrected chi connectivity index (χ1v) is 5.18. The lowest BCUT2D eigenvalue weighted by molar-refractivity contribution is -0.125. The molecule has 14 heavy (non-hydrogen) atoms. The Bertz CT molecular complexity index is 252. The molecule has 1 fully saturated rings. The molecule has 1 saturated carbocycles. The fraction of sp³-hybridized carbons (Fsp3) is 0.727. The standard InChI is InChI=1S/C11H18N2O/c1-2-3-4-8-13-11(14)9-6-5-7-10(9)12/h9-10H,4-8,12H2,1H3,(H,13,14). The molecule has 0 spiro atoms. The van der Waals surface area contributed by atoms with Crippen LogP contribution in [-0.2, 0) is 4.79 Å². The van der Waals surface area contributed by atoms with E-state index in [0.717, 1.165) is 25.7 Å². The molecule has 3 nitrogen and oxygen atoms in total. The number of rotatable bonds is 3. The Morgan fingerprint density at radius 1 is 1.57 bits per heavy atom. The third-order valence-corrected chi connectivity index (χ3v) is 2.63. The molecular weight excluding hydrogens is 176 g/mol. The molecule has 3 N–H and O–H groups in total. The van der Waals surface area contributed by atoms with Gasteiger partial charge in [-0.2, -0.15) is 0 Å². The van der Waals surface area contributed by atoms with Crippen molar-refractivity contribution in [3.8, 4) is 11.8 Å². The number of nitrogens with two attached hydrogens (primary N) is 1. The summed E-state index contributed by atoms with van der Waals surface area (Å²) in [6.45, 7) is 2.44. The van der Waals surface area contributed by atoms with Crippen molar-refractivity contribution in [3.05, 3.63) is 0 Å². The molecule has 1 aliphatic rings. The monoisotopic (exact) mass is 194 g/mol. The average Bonchev–Trinajstić information content (AvgIpc) is 2.59. The topological polar surface area (TPSA) is 55.1 Å². The van der Waals surface area contributed by atoms with Crippen LogP contribution in [0.5, 0.6) is 0 Å². The SMILES string of the molecule is CC#CCCNC(=O)C1CCCC1N. The minimum Gasteiger partial charge on any atom is -0.355 e. The van der Waals surface area contributed by atoms with Crippen molar-refractivity contribution in [2.45, 2.75) is 38.6 Å². The molecule has 1 rings (SSSR count). The second-order valence-electron chi connectivity index (χ2n) is 3.67. The predicted octanol–water partition coefficient (Wildman–Crippen LogP) is 0.643. The molecular formula is C11H18N2O. The fourth-order valence-corrected chi connectivity index (χ4v) is 1.82. The highest BCUT2D eigenvalue weighted by atomic mass is 16.1. The summed E-state index contributed by atoms with van der Waals surface area (Å²) in [5, 5.41) is 2.87. The van der Waals surface area contributed by atoms with E-state index in [0.29, 0.717) is 6.54 Å². The average molecular weight is 194 g/mol. The summed E-state index contributed by atoms with van der Waals surface area (Å²) in [7, 11) is 0. The van der Waals surface area contributed by atoms with Crippen LogP contribution in [0.25, 0.3) is 0 Å². The van der Waals surface area contributed by atoms with E-state index in [1.165, 1.54) is 0 Å². The third kappa shape index (κ3) is 3.04. The smallest absolute Gasteiger partial charge is 0.224 e. The van der Waals surface area contributed by atoms with E-state index in [4.69, 9.17) is 5.73 Å². The maximum Gasteiger partial charge on any atom is 0.224 e. The van der Waals surface area contributed by atoms with Crippen molar-refractivity contribution in [2.24, 2.45) is 11.7 Å². The molecule has 78 valence electrons. The minimum atomic E-state index is 0.0320. The molecule has 0 aromatic carbocycles. The third-order valence-electron chi connectivity index (χ3n) is 2.63. The van der Waals surface area contributed by atoms with Crippen molar-refractivity contribution in [1.82, 2.24) is 5.32 Å². The first-order chi connectivity index (χ1) is 6.75. The van der Waals surface area contributed by atoms with Crippen LogP contribution in [0.15, 0.2) is 0 Å². The van der Waals surface area contributed by atoms with E-state index >= 15 is 0 Å². The molecule has 0 aromatic heterocycles. The predicted molar refractivity (Wildman–Crippen MR) is 56.4 cm³/mol. The van der Waals surface area contributed by atoms with E-state index in [1.807, 2.05) is 0 Å². The quantitative estimate of drug-likeness (QED) is 0.512. The number of carbonyl (C=O) groups is 1. The highest BCUT2D eigenvalue weighted by Crippen LogP contribution is 2.23. The summed E-state index contributed by atoms with van der Waals surface area (Å²) in [5.74, 6) is 5.84. The van der Waals surface area contributed by atoms with Crippen molar-refractivity contribution >= 4 is 5.91 Å². The van der Waals surface area contributed by atoms with Crippen LogP contribution in [0, 0.1) is 17.8 Å². The molecule has 0 radical (unpaired) electrons. The van der Waals surface area contributed by atoms with Crippen LogP contribution in [0.3, 0.4) is 0 Å². The summed E-state index contributed by atoms with van der Waals surface area (Å²) in [4.78, 5) is 11.6. The van der Waals surface area contributed by atoms with Gasteiger partial charge >= 0.3 is 0 Å². The Morgan fingerprint density at radius 2 is 2.36 bits per heavy atom. The Labute approximate surface area is 85.4 Å². The Balaban J connectivity index is 2.23. The van der Waals surface area contributed by atoms with Crippen molar-refractivity contribution < 1.29 is 4.79 Å². The largest absolute Gasteiger partial charge is 0.355 e. The zero-order chi connectivity index (χ0) is 10.4. The van der Waals surface area contributed by atoms with Crippen LogP contribution in [-0.4, -0.2) is 18.5 Å². The van der Waals surface area contributed by atoms with Gasteiger partial charge in [-0.25, -0.2) is 0 Å². The summed E-state index contributed by atoms with van der Waals surface area (Å²) in [6, 6.07) is 0.0623. The van der Waals surface area contributed by atoms with Gasteiger partial charge in [-0.1, -0.05) is 6.42 Å². The normalized spacial score (nSPS) is 25.3. The highest BCUT2D eigenvalue weighted by molar-refractivity contribution is 5.79. The Morgan fingerprint density at radius 3 is 2.93 bits per heavy atom. The van der Waals surface area contributed by atoms with Gasteiger partial charge < -0.3 is 11.1 Å². The van der Waals surface area contributed by atoms with E-state index in [1.54, 1.807) is 6.92 Å². The molecule has 0 bridgehead atoms. The lowest BCUT2D eigenvalue weighted by Crippen LogP contribution is -2.38. The Hall–Kier alpha value is -1.01. The second kappa shape index (κ2) is 5.66. The molecule has 0 aromatic rings. The molecule has 2 atom stereocenters. The maximum atomic E-state index is 11.6. The molecule has 2 unspecified atom stereocenters. The molecule has 1 aliphatic carbocycles. The van der Waals surface area contributed by atoms with Crippen LogP contribution in [0.4, 0.5) is 0 Å². The van der Waals surface area contributed by atoms with E-state index in [-0.39, 0.29) is 17.9 Å². The van der Waals surface area contributed by atoms with Crippen LogP contribution < -0.4 is 11.1 Å².